The highest BCUT2D eigenvalue weighted by molar-refractivity contribution is 5.95. The summed E-state index contributed by atoms with van der Waals surface area (Å²) >= 11 is 0. The smallest absolute Gasteiger partial charge is 0.256 e. The third kappa shape index (κ3) is 2.87. The fourth-order valence-electron chi connectivity index (χ4n) is 2.29. The van der Waals surface area contributed by atoms with Crippen LogP contribution >= 0.6 is 0 Å². The summed E-state index contributed by atoms with van der Waals surface area (Å²) in [6.45, 7) is 2.69. The standard InChI is InChI=1S/C14H18FNO3/c1-9-7-12(15)11(8-13(9)17)14(18)16-5-3-10(19-2)4-6-16/h7-8,10,17H,3-6H2,1-2H3. The Balaban J connectivity index is 2.14. The normalized spacial score (nSPS) is 16.7. The van der Waals surface area contributed by atoms with Gasteiger partial charge in [0.25, 0.3) is 5.91 Å². The second-order valence-electron chi connectivity index (χ2n) is 4.85. The molecule has 0 aliphatic carbocycles. The van der Waals surface area contributed by atoms with Crippen LogP contribution in [0.1, 0.15) is 28.8 Å². The summed E-state index contributed by atoms with van der Waals surface area (Å²) in [6, 6.07) is 2.39. The van der Waals surface area contributed by atoms with Crippen molar-refractivity contribution in [3.63, 3.8) is 0 Å². The largest absolute Gasteiger partial charge is 0.508 e. The summed E-state index contributed by atoms with van der Waals surface area (Å²) in [5.74, 6) is -1.02. The number of hydrogen-bond donors (Lipinski definition) is 1. The molecule has 1 aliphatic rings. The quantitative estimate of drug-likeness (QED) is 0.892. The van der Waals surface area contributed by atoms with Gasteiger partial charge in [-0.3, -0.25) is 4.79 Å². The van der Waals surface area contributed by atoms with Crippen LogP contribution < -0.4 is 0 Å². The predicted octanol–water partition coefficient (Wildman–Crippen LogP) is 2.09. The summed E-state index contributed by atoms with van der Waals surface area (Å²) in [4.78, 5) is 13.8. The van der Waals surface area contributed by atoms with Crippen LogP contribution in [0, 0.1) is 12.7 Å². The van der Waals surface area contributed by atoms with Gasteiger partial charge in [0, 0.05) is 20.2 Å². The van der Waals surface area contributed by atoms with Gasteiger partial charge in [0.15, 0.2) is 0 Å². The zero-order valence-corrected chi connectivity index (χ0v) is 11.1. The van der Waals surface area contributed by atoms with Crippen molar-refractivity contribution in [3.8, 4) is 5.75 Å². The minimum Gasteiger partial charge on any atom is -0.508 e. The third-order valence-electron chi connectivity index (χ3n) is 3.58. The second-order valence-corrected chi connectivity index (χ2v) is 4.85. The number of methoxy groups -OCH3 is 1. The van der Waals surface area contributed by atoms with Gasteiger partial charge in [0.1, 0.15) is 11.6 Å². The minimum absolute atomic E-state index is 0.0588. The van der Waals surface area contributed by atoms with Crippen LogP contribution in [0.15, 0.2) is 12.1 Å². The minimum atomic E-state index is -0.589. The molecule has 1 aromatic rings. The Hall–Kier alpha value is -1.62. The molecule has 19 heavy (non-hydrogen) atoms. The van der Waals surface area contributed by atoms with E-state index in [4.69, 9.17) is 4.74 Å². The number of hydrogen-bond acceptors (Lipinski definition) is 3. The van der Waals surface area contributed by atoms with Crippen LogP contribution in [0.4, 0.5) is 4.39 Å². The van der Waals surface area contributed by atoms with E-state index in [-0.39, 0.29) is 23.3 Å². The Morgan fingerprint density at radius 2 is 2.05 bits per heavy atom. The lowest BCUT2D eigenvalue weighted by molar-refractivity contribution is 0.0348. The Kier molecular flexibility index (Phi) is 4.04. The van der Waals surface area contributed by atoms with Gasteiger partial charge < -0.3 is 14.7 Å². The molecule has 1 fully saturated rings. The van der Waals surface area contributed by atoms with Gasteiger partial charge in [0.05, 0.1) is 11.7 Å². The number of phenolic OH excluding ortho intramolecular Hbond substituents is 1. The van der Waals surface area contributed by atoms with Gasteiger partial charge in [-0.2, -0.15) is 0 Å². The number of halogens is 1. The lowest BCUT2D eigenvalue weighted by atomic mass is 10.0. The van der Waals surface area contributed by atoms with Gasteiger partial charge in [-0.15, -0.1) is 0 Å². The first-order valence-corrected chi connectivity index (χ1v) is 6.34. The van der Waals surface area contributed by atoms with Crippen molar-refractivity contribution in [1.29, 1.82) is 0 Å². The van der Waals surface area contributed by atoms with Crippen molar-refractivity contribution < 1.29 is 19.0 Å². The number of likely N-dealkylation sites (tertiary alicyclic amines) is 1. The first-order chi connectivity index (χ1) is 9.02. The molecule has 0 spiro atoms. The first kappa shape index (κ1) is 13.8. The zero-order valence-electron chi connectivity index (χ0n) is 11.1. The number of ether oxygens (including phenoxy) is 1. The predicted molar refractivity (Wildman–Crippen MR) is 68.7 cm³/mol. The van der Waals surface area contributed by atoms with Crippen molar-refractivity contribution in [2.24, 2.45) is 0 Å². The van der Waals surface area contributed by atoms with Crippen molar-refractivity contribution >= 4 is 5.91 Å². The number of rotatable bonds is 2. The fourth-order valence-corrected chi connectivity index (χ4v) is 2.29. The maximum absolute atomic E-state index is 13.8. The molecular weight excluding hydrogens is 249 g/mol. The lowest BCUT2D eigenvalue weighted by Gasteiger charge is -2.31. The van der Waals surface area contributed by atoms with E-state index in [0.29, 0.717) is 18.7 Å². The molecule has 0 aromatic heterocycles. The van der Waals surface area contributed by atoms with Crippen molar-refractivity contribution in [2.45, 2.75) is 25.9 Å². The van der Waals surface area contributed by atoms with Crippen LogP contribution in [-0.4, -0.2) is 42.2 Å². The number of carbonyl (C=O) groups is 1. The molecule has 1 amide bonds. The first-order valence-electron chi connectivity index (χ1n) is 6.34. The summed E-state index contributed by atoms with van der Waals surface area (Å²) < 4.78 is 19.0. The van der Waals surface area contributed by atoms with E-state index in [1.165, 1.54) is 12.1 Å². The molecule has 1 N–H and O–H groups in total. The monoisotopic (exact) mass is 267 g/mol. The molecule has 4 nitrogen and oxygen atoms in total. The maximum Gasteiger partial charge on any atom is 0.256 e. The van der Waals surface area contributed by atoms with Gasteiger partial charge in [-0.1, -0.05) is 0 Å². The number of nitrogens with zero attached hydrogens (tertiary/aromatic N) is 1. The Morgan fingerprint density at radius 1 is 1.42 bits per heavy atom. The fraction of sp³-hybridized carbons (Fsp3) is 0.500. The molecule has 0 unspecified atom stereocenters. The van der Waals surface area contributed by atoms with E-state index < -0.39 is 5.82 Å². The van der Waals surface area contributed by atoms with Crippen molar-refractivity contribution in [1.82, 2.24) is 4.90 Å². The molecule has 0 bridgehead atoms. The summed E-state index contributed by atoms with van der Waals surface area (Å²) in [6.07, 6.45) is 1.67. The molecular formula is C14H18FNO3. The average Bonchev–Trinajstić information content (AvgIpc) is 2.42. The third-order valence-corrected chi connectivity index (χ3v) is 3.58. The summed E-state index contributed by atoms with van der Waals surface area (Å²) in [5.41, 5.74) is 0.353. The number of amides is 1. The number of phenols is 1. The molecule has 1 saturated heterocycles. The molecule has 1 aliphatic heterocycles. The Morgan fingerprint density at radius 3 is 2.63 bits per heavy atom. The van der Waals surface area contributed by atoms with E-state index in [1.54, 1.807) is 18.9 Å². The molecule has 0 saturated carbocycles. The van der Waals surface area contributed by atoms with Crippen molar-refractivity contribution in [3.05, 3.63) is 29.1 Å². The van der Waals surface area contributed by atoms with Crippen LogP contribution in [0.2, 0.25) is 0 Å². The molecule has 1 aromatic carbocycles. The number of piperidine rings is 1. The van der Waals surface area contributed by atoms with E-state index in [9.17, 15) is 14.3 Å². The van der Waals surface area contributed by atoms with E-state index >= 15 is 0 Å². The SMILES string of the molecule is COC1CCN(C(=O)c2cc(O)c(C)cc2F)CC1. The topological polar surface area (TPSA) is 49.8 Å². The highest BCUT2D eigenvalue weighted by Crippen LogP contribution is 2.23. The summed E-state index contributed by atoms with van der Waals surface area (Å²) in [7, 11) is 1.65. The van der Waals surface area contributed by atoms with E-state index in [0.717, 1.165) is 12.8 Å². The van der Waals surface area contributed by atoms with Gasteiger partial charge in [-0.25, -0.2) is 4.39 Å². The van der Waals surface area contributed by atoms with Gasteiger partial charge in [0.2, 0.25) is 0 Å². The van der Waals surface area contributed by atoms with Gasteiger partial charge >= 0.3 is 0 Å². The van der Waals surface area contributed by atoms with E-state index in [2.05, 4.69) is 0 Å². The second kappa shape index (κ2) is 5.57. The Labute approximate surface area is 111 Å². The van der Waals surface area contributed by atoms with Crippen molar-refractivity contribution in [2.75, 3.05) is 20.2 Å². The van der Waals surface area contributed by atoms with Gasteiger partial charge in [-0.05, 0) is 37.5 Å². The number of aromatic hydroxyl groups is 1. The van der Waals surface area contributed by atoms with Crippen LogP contribution in [-0.2, 0) is 4.74 Å². The zero-order chi connectivity index (χ0) is 14.0. The number of aryl methyl sites for hydroxylation is 1. The Bertz CT molecular complexity index is 482. The maximum atomic E-state index is 13.8. The number of benzene rings is 1. The molecule has 0 radical (unpaired) electrons. The lowest BCUT2D eigenvalue weighted by Crippen LogP contribution is -2.40. The molecule has 1 heterocycles. The van der Waals surface area contributed by atoms with E-state index in [1.807, 2.05) is 0 Å². The summed E-state index contributed by atoms with van der Waals surface area (Å²) in [5, 5.41) is 9.59. The van der Waals surface area contributed by atoms with Crippen LogP contribution in [0.25, 0.3) is 0 Å². The molecule has 5 heteroatoms. The highest BCUT2D eigenvalue weighted by Gasteiger charge is 2.25. The molecule has 0 atom stereocenters. The van der Waals surface area contributed by atoms with Crippen LogP contribution in [0.5, 0.6) is 5.75 Å². The molecule has 2 rings (SSSR count). The average molecular weight is 267 g/mol. The number of carbonyl (C=O) groups excluding carboxylic acids is 1. The highest BCUT2D eigenvalue weighted by atomic mass is 19.1. The van der Waals surface area contributed by atoms with Crippen LogP contribution in [0.3, 0.4) is 0 Å². The molecule has 104 valence electrons.